The predicted octanol–water partition coefficient (Wildman–Crippen LogP) is 5.75. The Labute approximate surface area is 155 Å². The van der Waals surface area contributed by atoms with E-state index in [2.05, 4.69) is 5.32 Å². The van der Waals surface area contributed by atoms with Crippen LogP contribution in [0.5, 0.6) is 0 Å². The first kappa shape index (κ1) is 20.7. The van der Waals surface area contributed by atoms with Crippen LogP contribution in [0.15, 0.2) is 42.0 Å². The van der Waals surface area contributed by atoms with Crippen LogP contribution >= 0.6 is 0 Å². The molecule has 0 spiro atoms. The summed E-state index contributed by atoms with van der Waals surface area (Å²) in [5.74, 6) is -0.764. The van der Waals surface area contributed by atoms with E-state index in [1.54, 1.807) is 19.9 Å². The Hall–Kier alpha value is -2.63. The van der Waals surface area contributed by atoms with Crippen molar-refractivity contribution in [1.29, 1.82) is 0 Å². The minimum Gasteiger partial charge on any atom is -0.352 e. The summed E-state index contributed by atoms with van der Waals surface area (Å²) in [6, 6.07) is 7.16. The lowest BCUT2D eigenvalue weighted by Crippen LogP contribution is -2.24. The molecule has 1 amide bonds. The zero-order valence-corrected chi connectivity index (χ0v) is 15.4. The lowest BCUT2D eigenvalue weighted by molar-refractivity contribution is -0.137. The lowest BCUT2D eigenvalue weighted by atomic mass is 9.94. The SMILES string of the molecule is CCCNC(=O)/C(C)=C/c1cc(F)cc(-c2ccc(C(F)(F)F)cc2)c1C. The van der Waals surface area contributed by atoms with Crippen LogP contribution in [0, 0.1) is 12.7 Å². The molecular weight excluding hydrogens is 358 g/mol. The summed E-state index contributed by atoms with van der Waals surface area (Å²) >= 11 is 0. The van der Waals surface area contributed by atoms with Gasteiger partial charge in [-0.1, -0.05) is 19.1 Å². The second-order valence-corrected chi connectivity index (χ2v) is 6.33. The van der Waals surface area contributed by atoms with Crippen molar-refractivity contribution in [2.75, 3.05) is 6.54 Å². The number of alkyl halides is 3. The molecule has 0 saturated carbocycles. The van der Waals surface area contributed by atoms with Gasteiger partial charge in [-0.2, -0.15) is 13.2 Å². The minimum absolute atomic E-state index is 0.239. The molecule has 144 valence electrons. The van der Waals surface area contributed by atoms with Gasteiger partial charge in [-0.15, -0.1) is 0 Å². The molecule has 2 aromatic rings. The normalized spacial score (nSPS) is 12.2. The largest absolute Gasteiger partial charge is 0.416 e. The van der Waals surface area contributed by atoms with Crippen molar-refractivity contribution in [1.82, 2.24) is 5.32 Å². The van der Waals surface area contributed by atoms with E-state index in [4.69, 9.17) is 0 Å². The number of hydrogen-bond donors (Lipinski definition) is 1. The van der Waals surface area contributed by atoms with Gasteiger partial charge in [0.15, 0.2) is 0 Å². The molecule has 6 heteroatoms. The van der Waals surface area contributed by atoms with Crippen molar-refractivity contribution in [2.24, 2.45) is 0 Å². The van der Waals surface area contributed by atoms with E-state index in [0.29, 0.717) is 34.4 Å². The molecule has 0 heterocycles. The number of halogens is 4. The minimum atomic E-state index is -4.42. The zero-order valence-electron chi connectivity index (χ0n) is 15.4. The Balaban J connectivity index is 2.42. The molecule has 0 radical (unpaired) electrons. The molecule has 0 aliphatic heterocycles. The van der Waals surface area contributed by atoms with Crippen molar-refractivity contribution in [3.8, 4) is 11.1 Å². The number of rotatable bonds is 5. The van der Waals surface area contributed by atoms with E-state index < -0.39 is 17.6 Å². The molecule has 0 aliphatic rings. The molecule has 2 nitrogen and oxygen atoms in total. The van der Waals surface area contributed by atoms with E-state index in [-0.39, 0.29) is 5.91 Å². The van der Waals surface area contributed by atoms with E-state index >= 15 is 0 Å². The molecule has 2 aromatic carbocycles. The van der Waals surface area contributed by atoms with Crippen LogP contribution in [0.4, 0.5) is 17.6 Å². The number of carbonyl (C=O) groups excluding carboxylic acids is 1. The van der Waals surface area contributed by atoms with Gasteiger partial charge in [0.05, 0.1) is 5.56 Å². The van der Waals surface area contributed by atoms with Crippen molar-refractivity contribution in [2.45, 2.75) is 33.4 Å². The van der Waals surface area contributed by atoms with Crippen molar-refractivity contribution in [3.63, 3.8) is 0 Å². The van der Waals surface area contributed by atoms with Crippen molar-refractivity contribution in [3.05, 3.63) is 64.5 Å². The summed E-state index contributed by atoms with van der Waals surface area (Å²) in [6.07, 6.45) is -2.04. The van der Waals surface area contributed by atoms with Crippen LogP contribution in [0.2, 0.25) is 0 Å². The molecule has 2 rings (SSSR count). The molecule has 0 atom stereocenters. The van der Waals surface area contributed by atoms with Gasteiger partial charge >= 0.3 is 6.18 Å². The summed E-state index contributed by atoms with van der Waals surface area (Å²) in [4.78, 5) is 12.0. The number of amides is 1. The first-order valence-electron chi connectivity index (χ1n) is 8.57. The average molecular weight is 379 g/mol. The predicted molar refractivity (Wildman–Crippen MR) is 98.5 cm³/mol. The van der Waals surface area contributed by atoms with Crippen molar-refractivity contribution >= 4 is 12.0 Å². The molecule has 27 heavy (non-hydrogen) atoms. The van der Waals surface area contributed by atoms with Gasteiger partial charge in [0.25, 0.3) is 0 Å². The standard InChI is InChI=1S/C21H21F4NO/c1-4-9-26-20(27)13(2)10-16-11-18(22)12-19(14(16)3)15-5-7-17(8-6-15)21(23,24)25/h5-8,10-12H,4,9H2,1-3H3,(H,26,27)/b13-10+. The van der Waals surface area contributed by atoms with Crippen LogP contribution in [-0.4, -0.2) is 12.5 Å². The molecule has 0 aromatic heterocycles. The second-order valence-electron chi connectivity index (χ2n) is 6.33. The third-order valence-electron chi connectivity index (χ3n) is 4.20. The number of benzene rings is 2. The Bertz CT molecular complexity index is 852. The molecular formula is C21H21F4NO. The Morgan fingerprint density at radius 3 is 2.33 bits per heavy atom. The number of nitrogens with one attached hydrogen (secondary N) is 1. The fourth-order valence-corrected chi connectivity index (χ4v) is 2.67. The highest BCUT2D eigenvalue weighted by molar-refractivity contribution is 5.97. The van der Waals surface area contributed by atoms with Crippen LogP contribution in [-0.2, 0) is 11.0 Å². The number of carbonyl (C=O) groups is 1. The topological polar surface area (TPSA) is 29.1 Å². The van der Waals surface area contributed by atoms with Crippen LogP contribution in [0.25, 0.3) is 17.2 Å². The summed E-state index contributed by atoms with van der Waals surface area (Å²) < 4.78 is 52.3. The van der Waals surface area contributed by atoms with Crippen molar-refractivity contribution < 1.29 is 22.4 Å². The maximum absolute atomic E-state index is 14.1. The van der Waals surface area contributed by atoms with Gasteiger partial charge in [-0.3, -0.25) is 4.79 Å². The average Bonchev–Trinajstić information content (AvgIpc) is 2.61. The van der Waals surface area contributed by atoms with Gasteiger partial charge < -0.3 is 5.32 Å². The first-order valence-corrected chi connectivity index (χ1v) is 8.57. The molecule has 0 saturated heterocycles. The third kappa shape index (κ3) is 5.18. The van der Waals surface area contributed by atoms with Gasteiger partial charge in [0, 0.05) is 12.1 Å². The van der Waals surface area contributed by atoms with E-state index in [9.17, 15) is 22.4 Å². The summed E-state index contributed by atoms with van der Waals surface area (Å²) in [5.41, 5.74) is 1.81. The second kappa shape index (κ2) is 8.37. The Kier molecular flexibility index (Phi) is 6.41. The van der Waals surface area contributed by atoms with E-state index in [0.717, 1.165) is 18.6 Å². The van der Waals surface area contributed by atoms with Crippen LogP contribution < -0.4 is 5.32 Å². The van der Waals surface area contributed by atoms with E-state index in [1.165, 1.54) is 24.3 Å². The van der Waals surface area contributed by atoms with E-state index in [1.807, 2.05) is 6.92 Å². The molecule has 1 N–H and O–H groups in total. The number of hydrogen-bond acceptors (Lipinski definition) is 1. The summed E-state index contributed by atoms with van der Waals surface area (Å²) in [6.45, 7) is 5.86. The van der Waals surface area contributed by atoms with Gasteiger partial charge in [0.2, 0.25) is 5.91 Å². The van der Waals surface area contributed by atoms with Crippen LogP contribution in [0.1, 0.15) is 37.0 Å². The Morgan fingerprint density at radius 2 is 1.78 bits per heavy atom. The highest BCUT2D eigenvalue weighted by Crippen LogP contribution is 2.33. The monoisotopic (exact) mass is 379 g/mol. The third-order valence-corrected chi connectivity index (χ3v) is 4.20. The molecule has 0 unspecified atom stereocenters. The highest BCUT2D eigenvalue weighted by Gasteiger charge is 2.30. The lowest BCUT2D eigenvalue weighted by Gasteiger charge is -2.12. The van der Waals surface area contributed by atoms with Gasteiger partial charge in [0.1, 0.15) is 5.82 Å². The smallest absolute Gasteiger partial charge is 0.352 e. The zero-order chi connectivity index (χ0) is 20.2. The van der Waals surface area contributed by atoms with Gasteiger partial charge in [-0.05, 0) is 72.9 Å². The Morgan fingerprint density at radius 1 is 1.15 bits per heavy atom. The summed E-state index contributed by atoms with van der Waals surface area (Å²) in [5, 5.41) is 2.75. The fourth-order valence-electron chi connectivity index (χ4n) is 2.67. The maximum Gasteiger partial charge on any atom is 0.416 e. The molecule has 0 fully saturated rings. The molecule has 0 aliphatic carbocycles. The first-order chi connectivity index (χ1) is 12.6. The van der Waals surface area contributed by atoms with Gasteiger partial charge in [-0.25, -0.2) is 4.39 Å². The highest BCUT2D eigenvalue weighted by atomic mass is 19.4. The molecule has 0 bridgehead atoms. The summed E-state index contributed by atoms with van der Waals surface area (Å²) in [7, 11) is 0. The van der Waals surface area contributed by atoms with Crippen LogP contribution in [0.3, 0.4) is 0 Å². The fraction of sp³-hybridized carbons (Fsp3) is 0.286. The maximum atomic E-state index is 14.1. The quantitative estimate of drug-likeness (QED) is 0.520.